The van der Waals surface area contributed by atoms with Crippen molar-refractivity contribution in [2.24, 2.45) is 35.5 Å². The summed E-state index contributed by atoms with van der Waals surface area (Å²) in [7, 11) is 4.64. The molecule has 0 unspecified atom stereocenters. The number of rotatable bonds is 7. The van der Waals surface area contributed by atoms with E-state index in [4.69, 9.17) is 23.7 Å². The number of tetrazole rings is 1. The standard InChI is InChI=1S/C53H81N5O12/c1-32-16-12-11-13-17-33(2)44(66-8)29-40-23-21-38(7)53(65,70-40)50(62)51(63)57-25-15-14-18-42(57)52(64)69-45(36(5)27-39-22-24-41(46(28-39)67-9)58-31-54-55-56-58)30-43(59)35(4)26-37(6)48(61)49(68-10)47(60)34(3)20-19-32/h11-13,16-17,26,31-32,34-36,38-42,44-46,48-49,61,65H,14-15,18-25,27-30H2,1-10H3/b13-11+,16-12+,33-17?,37-26+/t32-,34-,35-,36-,38-,39+,40+,41+,42+,44+,45+,46-,48-,49+,53-/m1/s1. The number of carbonyl (C=O) groups excluding carboxylic acids is 5. The predicted molar refractivity (Wildman–Crippen MR) is 261 cm³/mol. The van der Waals surface area contributed by atoms with Crippen LogP contribution < -0.4 is 0 Å². The number of Topliss-reactive ketones (excluding diaryl/α,β-unsaturated/α-hetero) is 3. The van der Waals surface area contributed by atoms with E-state index in [0.717, 1.165) is 24.8 Å². The van der Waals surface area contributed by atoms with E-state index in [0.29, 0.717) is 56.9 Å². The molecule has 0 spiro atoms. The third kappa shape index (κ3) is 14.5. The van der Waals surface area contributed by atoms with Crippen LogP contribution in [-0.4, -0.2) is 141 Å². The quantitative estimate of drug-likeness (QED) is 0.171. The van der Waals surface area contributed by atoms with Gasteiger partial charge in [0.2, 0.25) is 5.79 Å². The summed E-state index contributed by atoms with van der Waals surface area (Å²) in [6.45, 7) is 12.9. The monoisotopic (exact) mass is 980 g/mol. The molecule has 70 heavy (non-hydrogen) atoms. The molecule has 2 bridgehead atoms. The van der Waals surface area contributed by atoms with Crippen molar-refractivity contribution in [1.29, 1.82) is 0 Å². The Labute approximate surface area is 414 Å². The van der Waals surface area contributed by atoms with E-state index >= 15 is 0 Å². The second-order valence-corrected chi connectivity index (χ2v) is 20.7. The first-order valence-corrected chi connectivity index (χ1v) is 25.5. The largest absolute Gasteiger partial charge is 0.460 e. The van der Waals surface area contributed by atoms with Crippen molar-refractivity contribution < 1.29 is 57.9 Å². The molecule has 0 radical (unpaired) electrons. The Morgan fingerprint density at radius 1 is 0.871 bits per heavy atom. The van der Waals surface area contributed by atoms with Gasteiger partial charge in [0, 0.05) is 58.5 Å². The van der Waals surface area contributed by atoms with Gasteiger partial charge in [0.05, 0.1) is 24.4 Å². The molecule has 4 heterocycles. The molecule has 3 fully saturated rings. The van der Waals surface area contributed by atoms with Crippen LogP contribution in [0.2, 0.25) is 0 Å². The highest BCUT2D eigenvalue weighted by molar-refractivity contribution is 6.39. The van der Waals surface area contributed by atoms with Crippen LogP contribution >= 0.6 is 0 Å². The molecule has 15 atom stereocenters. The lowest BCUT2D eigenvalue weighted by atomic mass is 9.77. The molecule has 2 N–H and O–H groups in total. The van der Waals surface area contributed by atoms with Gasteiger partial charge in [0.1, 0.15) is 36.5 Å². The zero-order chi connectivity index (χ0) is 51.3. The minimum atomic E-state index is -2.43. The van der Waals surface area contributed by atoms with Gasteiger partial charge >= 0.3 is 5.97 Å². The molecule has 1 saturated carbocycles. The lowest BCUT2D eigenvalue weighted by Gasteiger charge is -2.42. The Kier molecular flexibility index (Phi) is 21.4. The molecule has 1 aromatic heterocycles. The highest BCUT2D eigenvalue weighted by Crippen LogP contribution is 2.39. The number of allylic oxidation sites excluding steroid dienone is 6. The summed E-state index contributed by atoms with van der Waals surface area (Å²) in [6, 6.07) is -1.19. The molecule has 4 aliphatic rings. The first kappa shape index (κ1) is 56.7. The molecular formula is C53H81N5O12. The summed E-state index contributed by atoms with van der Waals surface area (Å²) in [5.41, 5.74) is 1.29. The van der Waals surface area contributed by atoms with Crippen LogP contribution in [0.3, 0.4) is 0 Å². The van der Waals surface area contributed by atoms with Crippen LogP contribution in [0.1, 0.15) is 138 Å². The van der Waals surface area contributed by atoms with Crippen molar-refractivity contribution in [2.75, 3.05) is 27.9 Å². The maximum Gasteiger partial charge on any atom is 0.329 e. The van der Waals surface area contributed by atoms with E-state index in [1.165, 1.54) is 12.0 Å². The Morgan fingerprint density at radius 3 is 2.31 bits per heavy atom. The van der Waals surface area contributed by atoms with Crippen LogP contribution in [0.25, 0.3) is 0 Å². The molecule has 17 nitrogen and oxygen atoms in total. The zero-order valence-corrected chi connectivity index (χ0v) is 43.2. The first-order valence-electron chi connectivity index (χ1n) is 25.5. The number of methoxy groups -OCH3 is 3. The van der Waals surface area contributed by atoms with E-state index < -0.39 is 77.8 Å². The summed E-state index contributed by atoms with van der Waals surface area (Å²) in [5.74, 6) is -7.70. The first-order chi connectivity index (χ1) is 33.3. The van der Waals surface area contributed by atoms with Gasteiger partial charge < -0.3 is 38.8 Å². The lowest BCUT2D eigenvalue weighted by Crippen LogP contribution is -2.61. The number of piperidine rings is 1. The van der Waals surface area contributed by atoms with Gasteiger partial charge in [-0.05, 0) is 124 Å². The maximum absolute atomic E-state index is 14.5. The molecule has 1 aliphatic carbocycles. The molecule has 17 heteroatoms. The average Bonchev–Trinajstić information content (AvgIpc) is 3.90. The summed E-state index contributed by atoms with van der Waals surface area (Å²) in [6.07, 6.45) is 15.0. The molecule has 1 amide bonds. The number of ether oxygens (including phenoxy) is 5. The number of ketones is 3. The molecule has 0 aromatic carbocycles. The molecule has 390 valence electrons. The Bertz CT molecular complexity index is 2040. The Balaban J connectivity index is 1.45. The SMILES string of the molecule is CO[C@H]1C[C@@H]2CC[C@@H](C)[C@@](O)(O2)C(=O)C(=O)N2CCCC[C@H]2C(=O)O[C@H]([C@H](C)C[C@@H]2CC[C@H](n3cnnn3)[C@H](OC)C2)CC(=O)[C@H](C)/C=C(\C)[C@@H](O)[C@@H](OC)C(=O)[C@H](C)CC[C@H](C)/C=C/C=C/C=C1C. The molecule has 5 rings (SSSR count). The average molecular weight is 980 g/mol. The number of fused-ring (bicyclic) bond motifs is 3. The molecular weight excluding hydrogens is 899 g/mol. The number of hydrogen-bond acceptors (Lipinski definition) is 15. The van der Waals surface area contributed by atoms with Gasteiger partial charge in [-0.25, -0.2) is 9.48 Å². The summed E-state index contributed by atoms with van der Waals surface area (Å²) in [5, 5.41) is 35.2. The number of carbonyl (C=O) groups is 5. The van der Waals surface area contributed by atoms with Crippen LogP contribution in [0.15, 0.2) is 53.9 Å². The van der Waals surface area contributed by atoms with E-state index in [9.17, 15) is 34.2 Å². The van der Waals surface area contributed by atoms with Crippen LogP contribution in [0, 0.1) is 35.5 Å². The van der Waals surface area contributed by atoms with E-state index in [1.807, 2.05) is 45.1 Å². The van der Waals surface area contributed by atoms with Gasteiger partial charge in [-0.3, -0.25) is 19.2 Å². The van der Waals surface area contributed by atoms with E-state index in [2.05, 4.69) is 28.5 Å². The van der Waals surface area contributed by atoms with Crippen molar-refractivity contribution in [3.05, 3.63) is 53.9 Å². The number of cyclic esters (lactones) is 1. The van der Waals surface area contributed by atoms with Gasteiger partial charge in [-0.1, -0.05) is 71.1 Å². The number of nitrogens with zero attached hydrogens (tertiary/aromatic N) is 5. The number of esters is 1. The van der Waals surface area contributed by atoms with Gasteiger partial charge in [0.25, 0.3) is 11.7 Å². The maximum atomic E-state index is 14.5. The number of hydrogen-bond donors (Lipinski definition) is 2. The van der Waals surface area contributed by atoms with Gasteiger partial charge in [0.15, 0.2) is 5.78 Å². The molecule has 1 aromatic rings. The topological polar surface area (TPSA) is 219 Å². The minimum Gasteiger partial charge on any atom is -0.460 e. The molecule has 2 saturated heterocycles. The van der Waals surface area contributed by atoms with E-state index in [-0.39, 0.29) is 60.9 Å². The number of aliphatic hydroxyl groups excluding tert-OH is 1. The summed E-state index contributed by atoms with van der Waals surface area (Å²) in [4.78, 5) is 72.3. The smallest absolute Gasteiger partial charge is 0.329 e. The normalized spacial score (nSPS) is 37.8. The zero-order valence-electron chi connectivity index (χ0n) is 43.2. The van der Waals surface area contributed by atoms with Crippen molar-refractivity contribution in [2.45, 2.75) is 186 Å². The van der Waals surface area contributed by atoms with Gasteiger partial charge in [-0.15, -0.1) is 5.10 Å². The fraction of sp³-hybridized carbons (Fsp3) is 0.736. The highest BCUT2D eigenvalue weighted by atomic mass is 16.6. The van der Waals surface area contributed by atoms with Crippen molar-refractivity contribution in [3.8, 4) is 0 Å². The van der Waals surface area contributed by atoms with Crippen LogP contribution in [0.5, 0.6) is 0 Å². The predicted octanol–water partition coefficient (Wildman–Crippen LogP) is 6.44. The van der Waals surface area contributed by atoms with Gasteiger partial charge in [-0.2, -0.15) is 0 Å². The Hall–Kier alpha value is -4.26. The Morgan fingerprint density at radius 2 is 1.63 bits per heavy atom. The minimum absolute atomic E-state index is 0.0516. The summed E-state index contributed by atoms with van der Waals surface area (Å²) >= 11 is 0. The third-order valence-electron chi connectivity index (χ3n) is 15.5. The van der Waals surface area contributed by atoms with Crippen molar-refractivity contribution in [3.63, 3.8) is 0 Å². The highest BCUT2D eigenvalue weighted by Gasteiger charge is 2.53. The molecule has 3 aliphatic heterocycles. The van der Waals surface area contributed by atoms with Crippen molar-refractivity contribution in [1.82, 2.24) is 25.1 Å². The second-order valence-electron chi connectivity index (χ2n) is 20.7. The summed E-state index contributed by atoms with van der Waals surface area (Å²) < 4.78 is 31.6. The second kappa shape index (κ2) is 26.4. The number of aromatic nitrogens is 4. The van der Waals surface area contributed by atoms with Crippen LogP contribution in [-0.2, 0) is 47.7 Å². The lowest BCUT2D eigenvalue weighted by molar-refractivity contribution is -0.265. The fourth-order valence-electron chi connectivity index (χ4n) is 10.7. The third-order valence-corrected chi connectivity index (χ3v) is 15.5. The van der Waals surface area contributed by atoms with Crippen molar-refractivity contribution >= 4 is 29.2 Å². The van der Waals surface area contributed by atoms with E-state index in [1.54, 1.807) is 52.1 Å². The van der Waals surface area contributed by atoms with Crippen LogP contribution in [0.4, 0.5) is 0 Å². The fourth-order valence-corrected chi connectivity index (χ4v) is 10.7. The number of amides is 1. The number of aliphatic hydroxyl groups is 2.